The lowest BCUT2D eigenvalue weighted by atomic mass is 9.87. The molecule has 7 nitrogen and oxygen atoms in total. The fourth-order valence-electron chi connectivity index (χ4n) is 2.68. The van der Waals surface area contributed by atoms with Crippen LogP contribution in [0.4, 0.5) is 0 Å². The topological polar surface area (TPSA) is 106 Å². The zero-order chi connectivity index (χ0) is 16.3. The molecular formula is C15H18ClN5O2. The van der Waals surface area contributed by atoms with Gasteiger partial charge in [-0.2, -0.15) is 4.98 Å². The van der Waals surface area contributed by atoms with E-state index in [1.54, 1.807) is 12.1 Å². The minimum absolute atomic E-state index is 0.313. The standard InChI is InChI=1S/C15H18ClN5O2/c16-11-3-1-2-10(8-11)13-20-12(21-23-13)9-19-15(14(17)22)4-6-18-7-5-15/h1-3,8,18-19H,4-7,9H2,(H2,17,22). The van der Waals surface area contributed by atoms with Crippen LogP contribution in [0, 0.1) is 0 Å². The third-order valence-corrected chi connectivity index (χ3v) is 4.29. The minimum Gasteiger partial charge on any atom is -0.368 e. The molecule has 1 aliphatic rings. The van der Waals surface area contributed by atoms with Crippen LogP contribution in [-0.2, 0) is 11.3 Å². The van der Waals surface area contributed by atoms with Gasteiger partial charge in [-0.3, -0.25) is 10.1 Å². The smallest absolute Gasteiger partial charge is 0.258 e. The molecule has 1 aliphatic heterocycles. The number of halogens is 1. The van der Waals surface area contributed by atoms with Crippen molar-refractivity contribution >= 4 is 17.5 Å². The van der Waals surface area contributed by atoms with Gasteiger partial charge in [0.15, 0.2) is 5.82 Å². The van der Waals surface area contributed by atoms with E-state index in [0.29, 0.717) is 36.1 Å². The van der Waals surface area contributed by atoms with Crippen molar-refractivity contribution < 1.29 is 9.32 Å². The van der Waals surface area contributed by atoms with Gasteiger partial charge in [0.2, 0.25) is 5.91 Å². The maximum atomic E-state index is 11.8. The average molecular weight is 336 g/mol. The van der Waals surface area contributed by atoms with E-state index in [1.807, 2.05) is 12.1 Å². The Kier molecular flexibility index (Phi) is 4.61. The molecule has 0 atom stereocenters. The molecule has 0 bridgehead atoms. The number of carbonyl (C=O) groups is 1. The van der Waals surface area contributed by atoms with Crippen LogP contribution in [0.25, 0.3) is 11.5 Å². The summed E-state index contributed by atoms with van der Waals surface area (Å²) in [6.45, 7) is 1.80. The molecular weight excluding hydrogens is 318 g/mol. The molecule has 0 spiro atoms. The maximum Gasteiger partial charge on any atom is 0.258 e. The van der Waals surface area contributed by atoms with Crippen molar-refractivity contribution in [3.63, 3.8) is 0 Å². The Balaban J connectivity index is 1.70. The number of carbonyl (C=O) groups excluding carboxylic acids is 1. The van der Waals surface area contributed by atoms with E-state index in [9.17, 15) is 4.79 Å². The van der Waals surface area contributed by atoms with Gasteiger partial charge in [0, 0.05) is 10.6 Å². The number of amides is 1. The number of rotatable bonds is 5. The van der Waals surface area contributed by atoms with E-state index in [2.05, 4.69) is 20.8 Å². The number of nitrogens with one attached hydrogen (secondary N) is 2. The average Bonchev–Trinajstić information content (AvgIpc) is 3.03. The second kappa shape index (κ2) is 6.66. The highest BCUT2D eigenvalue weighted by atomic mass is 35.5. The Morgan fingerprint density at radius 2 is 2.22 bits per heavy atom. The molecule has 0 aliphatic carbocycles. The van der Waals surface area contributed by atoms with E-state index in [1.165, 1.54) is 0 Å². The van der Waals surface area contributed by atoms with Gasteiger partial charge in [0.05, 0.1) is 6.54 Å². The summed E-state index contributed by atoms with van der Waals surface area (Å²) in [6.07, 6.45) is 1.28. The summed E-state index contributed by atoms with van der Waals surface area (Å²) in [6, 6.07) is 7.19. The van der Waals surface area contributed by atoms with Crippen LogP contribution in [0.3, 0.4) is 0 Å². The van der Waals surface area contributed by atoms with Crippen LogP contribution in [0.5, 0.6) is 0 Å². The molecule has 122 valence electrons. The first-order valence-corrected chi connectivity index (χ1v) is 7.81. The summed E-state index contributed by atoms with van der Waals surface area (Å²) in [7, 11) is 0. The first-order chi connectivity index (χ1) is 11.1. The Bertz CT molecular complexity index is 697. The second-order valence-corrected chi connectivity index (χ2v) is 6.01. The molecule has 3 rings (SSSR count). The summed E-state index contributed by atoms with van der Waals surface area (Å²) < 4.78 is 5.25. The minimum atomic E-state index is -0.720. The summed E-state index contributed by atoms with van der Waals surface area (Å²) in [4.78, 5) is 16.1. The maximum absolute atomic E-state index is 11.8. The van der Waals surface area contributed by atoms with Crippen LogP contribution < -0.4 is 16.4 Å². The number of nitrogens with two attached hydrogens (primary N) is 1. The zero-order valence-electron chi connectivity index (χ0n) is 12.5. The van der Waals surface area contributed by atoms with Gasteiger partial charge in [-0.05, 0) is 44.1 Å². The highest BCUT2D eigenvalue weighted by molar-refractivity contribution is 6.30. The molecule has 1 fully saturated rings. The van der Waals surface area contributed by atoms with Gasteiger partial charge in [-0.1, -0.05) is 22.8 Å². The van der Waals surface area contributed by atoms with Gasteiger partial charge < -0.3 is 15.6 Å². The number of piperidine rings is 1. The number of nitrogens with zero attached hydrogens (tertiary/aromatic N) is 2. The SMILES string of the molecule is NC(=O)C1(NCc2noc(-c3cccc(Cl)c3)n2)CCNCC1. The van der Waals surface area contributed by atoms with Gasteiger partial charge in [-0.25, -0.2) is 0 Å². The van der Waals surface area contributed by atoms with Gasteiger partial charge in [0.25, 0.3) is 5.89 Å². The summed E-state index contributed by atoms with van der Waals surface area (Å²) in [5, 5.41) is 11.0. The van der Waals surface area contributed by atoms with Crippen molar-refractivity contribution in [3.05, 3.63) is 35.1 Å². The normalized spacial score (nSPS) is 17.1. The predicted molar refractivity (Wildman–Crippen MR) is 85.6 cm³/mol. The third-order valence-electron chi connectivity index (χ3n) is 4.05. The van der Waals surface area contributed by atoms with Gasteiger partial charge in [0.1, 0.15) is 5.54 Å². The fraction of sp³-hybridized carbons (Fsp3) is 0.400. The van der Waals surface area contributed by atoms with Crippen molar-refractivity contribution in [2.75, 3.05) is 13.1 Å². The summed E-state index contributed by atoms with van der Waals surface area (Å²) in [5.74, 6) is 0.513. The predicted octanol–water partition coefficient (Wildman–Crippen LogP) is 1.09. The summed E-state index contributed by atoms with van der Waals surface area (Å²) >= 11 is 5.96. The molecule has 1 saturated heterocycles. The fourth-order valence-corrected chi connectivity index (χ4v) is 2.87. The molecule has 2 aromatic rings. The Labute approximate surface area is 138 Å². The number of benzene rings is 1. The highest BCUT2D eigenvalue weighted by Gasteiger charge is 2.37. The van der Waals surface area contributed by atoms with Crippen LogP contribution in [-0.4, -0.2) is 34.7 Å². The largest absolute Gasteiger partial charge is 0.368 e. The molecule has 0 radical (unpaired) electrons. The first-order valence-electron chi connectivity index (χ1n) is 7.43. The van der Waals surface area contributed by atoms with Crippen molar-refractivity contribution in [2.24, 2.45) is 5.73 Å². The molecule has 1 aromatic heterocycles. The number of primary amides is 1. The molecule has 0 saturated carbocycles. The van der Waals surface area contributed by atoms with Crippen molar-refractivity contribution in [2.45, 2.75) is 24.9 Å². The summed E-state index contributed by atoms with van der Waals surface area (Å²) in [5.41, 5.74) is 5.60. The van der Waals surface area contributed by atoms with E-state index >= 15 is 0 Å². The van der Waals surface area contributed by atoms with E-state index < -0.39 is 5.54 Å². The second-order valence-electron chi connectivity index (χ2n) is 5.58. The molecule has 0 unspecified atom stereocenters. The molecule has 2 heterocycles. The molecule has 1 aromatic carbocycles. The van der Waals surface area contributed by atoms with E-state index in [0.717, 1.165) is 18.7 Å². The molecule has 1 amide bonds. The number of hydrogen-bond acceptors (Lipinski definition) is 6. The van der Waals surface area contributed by atoms with Gasteiger partial charge >= 0.3 is 0 Å². The van der Waals surface area contributed by atoms with Crippen molar-refractivity contribution in [1.82, 2.24) is 20.8 Å². The monoisotopic (exact) mass is 335 g/mol. The lowest BCUT2D eigenvalue weighted by Gasteiger charge is -2.35. The first kappa shape index (κ1) is 15.9. The van der Waals surface area contributed by atoms with Gasteiger partial charge in [-0.15, -0.1) is 0 Å². The van der Waals surface area contributed by atoms with Crippen molar-refractivity contribution in [3.8, 4) is 11.5 Å². The van der Waals surface area contributed by atoms with Crippen LogP contribution in [0.1, 0.15) is 18.7 Å². The van der Waals surface area contributed by atoms with E-state index in [4.69, 9.17) is 21.9 Å². The molecule has 4 N–H and O–H groups in total. The van der Waals surface area contributed by atoms with Crippen molar-refractivity contribution in [1.29, 1.82) is 0 Å². The lowest BCUT2D eigenvalue weighted by molar-refractivity contribution is -0.125. The Morgan fingerprint density at radius 1 is 1.43 bits per heavy atom. The zero-order valence-corrected chi connectivity index (χ0v) is 13.3. The lowest BCUT2D eigenvalue weighted by Crippen LogP contribution is -2.60. The number of aromatic nitrogens is 2. The van der Waals surface area contributed by atoms with Crippen LogP contribution in [0.2, 0.25) is 5.02 Å². The number of hydrogen-bond donors (Lipinski definition) is 3. The third kappa shape index (κ3) is 3.52. The Morgan fingerprint density at radius 3 is 2.91 bits per heavy atom. The molecule has 8 heteroatoms. The molecule has 23 heavy (non-hydrogen) atoms. The Hall–Kier alpha value is -1.96. The van der Waals surface area contributed by atoms with E-state index in [-0.39, 0.29) is 5.91 Å². The quantitative estimate of drug-likeness (QED) is 0.755. The highest BCUT2D eigenvalue weighted by Crippen LogP contribution is 2.22. The van der Waals surface area contributed by atoms with Crippen LogP contribution >= 0.6 is 11.6 Å². The van der Waals surface area contributed by atoms with Crippen LogP contribution in [0.15, 0.2) is 28.8 Å².